The summed E-state index contributed by atoms with van der Waals surface area (Å²) in [6.07, 6.45) is 7.70. The first kappa shape index (κ1) is 17.3. The van der Waals surface area contributed by atoms with Gasteiger partial charge < -0.3 is 0 Å². The maximum atomic E-state index is 11.7. The van der Waals surface area contributed by atoms with Crippen molar-refractivity contribution < 1.29 is 12.6 Å². The first-order valence-corrected chi connectivity index (χ1v) is 8.59. The highest BCUT2D eigenvalue weighted by atomic mass is 32.3. The lowest BCUT2D eigenvalue weighted by atomic mass is 10.2. The van der Waals surface area contributed by atoms with Crippen LogP contribution in [0.1, 0.15) is 65.2 Å². The molecular formula is C12H26O3S2. The highest BCUT2D eigenvalue weighted by Crippen LogP contribution is 2.17. The van der Waals surface area contributed by atoms with Crippen LogP contribution in [-0.2, 0) is 14.3 Å². The Hall–Kier alpha value is 0.260. The summed E-state index contributed by atoms with van der Waals surface area (Å²) in [5.41, 5.74) is 0. The van der Waals surface area contributed by atoms with Crippen LogP contribution in [0, 0.1) is 0 Å². The van der Waals surface area contributed by atoms with E-state index in [0.29, 0.717) is 13.0 Å². The van der Waals surface area contributed by atoms with Crippen molar-refractivity contribution in [3.05, 3.63) is 0 Å². The van der Waals surface area contributed by atoms with Crippen LogP contribution in [-0.4, -0.2) is 19.6 Å². The van der Waals surface area contributed by atoms with Gasteiger partial charge in [-0.15, -0.1) is 0 Å². The molecule has 0 N–H and O–H groups in total. The summed E-state index contributed by atoms with van der Waals surface area (Å²) in [4.78, 5) is 0. The van der Waals surface area contributed by atoms with Crippen LogP contribution in [0.5, 0.6) is 0 Å². The van der Waals surface area contributed by atoms with E-state index >= 15 is 0 Å². The molecule has 0 saturated carbocycles. The van der Waals surface area contributed by atoms with Gasteiger partial charge in [-0.25, -0.2) is 0 Å². The van der Waals surface area contributed by atoms with Crippen LogP contribution in [0.2, 0.25) is 0 Å². The van der Waals surface area contributed by atoms with Gasteiger partial charge in [0.15, 0.2) is 0 Å². The lowest BCUT2D eigenvalue weighted by Crippen LogP contribution is -2.19. The minimum atomic E-state index is -3.46. The second-order valence-electron chi connectivity index (χ2n) is 4.33. The van der Waals surface area contributed by atoms with E-state index in [0.717, 1.165) is 44.9 Å². The van der Waals surface area contributed by atoms with Crippen molar-refractivity contribution in [3.8, 4) is 0 Å². The zero-order valence-electron chi connectivity index (χ0n) is 11.0. The summed E-state index contributed by atoms with van der Waals surface area (Å²) in [6, 6.07) is 0. The Balaban J connectivity index is 3.77. The molecule has 0 aromatic rings. The second kappa shape index (κ2) is 10.2. The van der Waals surface area contributed by atoms with Crippen LogP contribution < -0.4 is 0 Å². The summed E-state index contributed by atoms with van der Waals surface area (Å²) in [7, 11) is -3.46. The zero-order chi connectivity index (χ0) is 13.1. The molecule has 104 valence electrons. The molecule has 0 aliphatic heterocycles. The van der Waals surface area contributed by atoms with E-state index in [1.54, 1.807) is 0 Å². The van der Waals surface area contributed by atoms with Crippen LogP contribution in [0.3, 0.4) is 0 Å². The minimum Gasteiger partial charge on any atom is -0.269 e. The van der Waals surface area contributed by atoms with E-state index in [4.69, 9.17) is 4.18 Å². The Kier molecular flexibility index (Phi) is 10.4. The fourth-order valence-electron chi connectivity index (χ4n) is 1.50. The van der Waals surface area contributed by atoms with E-state index < -0.39 is 14.7 Å². The summed E-state index contributed by atoms with van der Waals surface area (Å²) >= 11 is 4.11. The molecule has 1 atom stereocenters. The highest BCUT2D eigenvalue weighted by molar-refractivity contribution is 8.02. The topological polar surface area (TPSA) is 43.4 Å². The van der Waals surface area contributed by atoms with Crippen molar-refractivity contribution in [1.29, 1.82) is 0 Å². The third-order valence-corrected chi connectivity index (χ3v) is 5.06. The standard InChI is InChI=1S/C12H26O3S2/c1-3-5-7-9-11-15-17(13,14)12(16)10-8-6-4-2/h12,16H,3-11H2,1-2H3. The largest absolute Gasteiger partial charge is 0.279 e. The van der Waals surface area contributed by atoms with Gasteiger partial charge in [0, 0.05) is 0 Å². The second-order valence-corrected chi connectivity index (χ2v) is 7.09. The molecule has 3 nitrogen and oxygen atoms in total. The number of unbranched alkanes of at least 4 members (excludes halogenated alkanes) is 5. The average Bonchev–Trinajstić information content (AvgIpc) is 2.29. The third-order valence-electron chi connectivity index (χ3n) is 2.63. The molecule has 0 radical (unpaired) electrons. The molecule has 0 rings (SSSR count). The first-order valence-electron chi connectivity index (χ1n) is 6.61. The summed E-state index contributed by atoms with van der Waals surface area (Å²) < 4.78 is 27.6. The molecule has 0 saturated heterocycles. The predicted octanol–water partition coefficient (Wildman–Crippen LogP) is 3.75. The SMILES string of the molecule is CCCCCCOS(=O)(=O)C(S)CCCCC. The summed E-state index contributed by atoms with van der Waals surface area (Å²) in [6.45, 7) is 4.51. The lowest BCUT2D eigenvalue weighted by Gasteiger charge is -2.11. The van der Waals surface area contributed by atoms with Gasteiger partial charge in [-0.2, -0.15) is 21.0 Å². The molecule has 0 bridgehead atoms. The smallest absolute Gasteiger partial charge is 0.269 e. The highest BCUT2D eigenvalue weighted by Gasteiger charge is 2.21. The van der Waals surface area contributed by atoms with Crippen LogP contribution in [0.15, 0.2) is 0 Å². The molecule has 17 heavy (non-hydrogen) atoms. The Morgan fingerprint density at radius 3 is 2.18 bits per heavy atom. The van der Waals surface area contributed by atoms with E-state index in [9.17, 15) is 8.42 Å². The van der Waals surface area contributed by atoms with Crippen LogP contribution >= 0.6 is 12.6 Å². The molecular weight excluding hydrogens is 256 g/mol. The normalized spacial score (nSPS) is 13.8. The zero-order valence-corrected chi connectivity index (χ0v) is 12.7. The van der Waals surface area contributed by atoms with Crippen molar-refractivity contribution in [2.75, 3.05) is 6.61 Å². The monoisotopic (exact) mass is 282 g/mol. The molecule has 0 spiro atoms. The molecule has 0 heterocycles. The fraction of sp³-hybridized carbons (Fsp3) is 1.00. The lowest BCUT2D eigenvalue weighted by molar-refractivity contribution is 0.304. The van der Waals surface area contributed by atoms with Crippen molar-refractivity contribution in [1.82, 2.24) is 0 Å². The first-order chi connectivity index (χ1) is 8.04. The van der Waals surface area contributed by atoms with Gasteiger partial charge >= 0.3 is 0 Å². The maximum absolute atomic E-state index is 11.7. The van der Waals surface area contributed by atoms with Gasteiger partial charge in [-0.1, -0.05) is 52.4 Å². The van der Waals surface area contributed by atoms with Crippen LogP contribution in [0.25, 0.3) is 0 Å². The number of hydrogen-bond acceptors (Lipinski definition) is 4. The number of rotatable bonds is 11. The third kappa shape index (κ3) is 8.91. The number of thiol groups is 1. The van der Waals surface area contributed by atoms with Gasteiger partial charge in [0.2, 0.25) is 0 Å². The molecule has 0 aliphatic rings. The quantitative estimate of drug-likeness (QED) is 0.356. The van der Waals surface area contributed by atoms with E-state index in [-0.39, 0.29) is 0 Å². The maximum Gasteiger partial charge on any atom is 0.279 e. The van der Waals surface area contributed by atoms with E-state index in [1.807, 2.05) is 0 Å². The van der Waals surface area contributed by atoms with Crippen molar-refractivity contribution in [3.63, 3.8) is 0 Å². The van der Waals surface area contributed by atoms with Crippen LogP contribution in [0.4, 0.5) is 0 Å². The number of hydrogen-bond donors (Lipinski definition) is 1. The molecule has 5 heteroatoms. The summed E-state index contributed by atoms with van der Waals surface area (Å²) in [5, 5.41) is 0. The van der Waals surface area contributed by atoms with Gasteiger partial charge in [0.25, 0.3) is 10.1 Å². The Labute approximate surface area is 112 Å². The van der Waals surface area contributed by atoms with Crippen molar-refractivity contribution in [2.24, 2.45) is 0 Å². The molecule has 0 aliphatic carbocycles. The Bertz CT molecular complexity index is 263. The van der Waals surface area contributed by atoms with Gasteiger partial charge in [-0.3, -0.25) is 4.18 Å². The summed E-state index contributed by atoms with van der Waals surface area (Å²) in [5.74, 6) is 0. The van der Waals surface area contributed by atoms with Gasteiger partial charge in [0.1, 0.15) is 4.58 Å². The predicted molar refractivity (Wildman–Crippen MR) is 75.9 cm³/mol. The molecule has 1 unspecified atom stereocenters. The average molecular weight is 282 g/mol. The van der Waals surface area contributed by atoms with Crippen molar-refractivity contribution >= 4 is 22.7 Å². The molecule has 0 aromatic heterocycles. The van der Waals surface area contributed by atoms with Gasteiger partial charge in [0.05, 0.1) is 6.61 Å². The molecule has 0 aromatic carbocycles. The van der Waals surface area contributed by atoms with Crippen molar-refractivity contribution in [2.45, 2.75) is 69.8 Å². The minimum absolute atomic E-state index is 0.299. The van der Waals surface area contributed by atoms with Gasteiger partial charge in [-0.05, 0) is 12.8 Å². The molecule has 0 fully saturated rings. The Morgan fingerprint density at radius 2 is 1.59 bits per heavy atom. The Morgan fingerprint density at radius 1 is 1.00 bits per heavy atom. The van der Waals surface area contributed by atoms with E-state index in [1.165, 1.54) is 0 Å². The molecule has 0 amide bonds. The fourth-order valence-corrected chi connectivity index (χ4v) is 2.82. The van der Waals surface area contributed by atoms with E-state index in [2.05, 4.69) is 26.5 Å².